The number of carbonyl (C=O) groups excluding carboxylic acids is 2. The molecule has 3 N–H and O–H groups in total. The normalized spacial score (nSPS) is 14.5. The second-order valence-electron chi connectivity index (χ2n) is 9.54. The molecule has 0 aliphatic heterocycles. The van der Waals surface area contributed by atoms with Gasteiger partial charge in [0.15, 0.2) is 0 Å². The predicted molar refractivity (Wildman–Crippen MR) is 149 cm³/mol. The van der Waals surface area contributed by atoms with Crippen LogP contribution in [0.2, 0.25) is 0 Å². The van der Waals surface area contributed by atoms with Crippen LogP contribution < -0.4 is 20.7 Å². The van der Waals surface area contributed by atoms with Crippen molar-refractivity contribution in [3.05, 3.63) is 64.5 Å². The minimum absolute atomic E-state index is 0.137. The number of nitrogens with one attached hydrogen (secondary N) is 3. The van der Waals surface area contributed by atoms with E-state index in [0.29, 0.717) is 31.0 Å². The molecule has 196 valence electrons. The lowest BCUT2D eigenvalue weighted by atomic mass is 9.84. The maximum Gasteiger partial charge on any atom is 0.251 e. The zero-order valence-corrected chi connectivity index (χ0v) is 22.4. The molecule has 1 saturated carbocycles. The number of methoxy groups -OCH3 is 1. The SMILES string of the molecule is COc1ccc(NCCNC(=O)[C@H](CC2CCCCC2)NC(=O)c2cccc(-c3csc(C)n3)c2)cc1. The average molecular weight is 521 g/mol. The highest BCUT2D eigenvalue weighted by atomic mass is 32.1. The number of carbonyl (C=O) groups is 2. The molecule has 0 bridgehead atoms. The van der Waals surface area contributed by atoms with Crippen molar-refractivity contribution in [2.75, 3.05) is 25.5 Å². The van der Waals surface area contributed by atoms with Gasteiger partial charge >= 0.3 is 0 Å². The van der Waals surface area contributed by atoms with Crippen molar-refractivity contribution in [3.63, 3.8) is 0 Å². The molecule has 1 aliphatic carbocycles. The van der Waals surface area contributed by atoms with Crippen molar-refractivity contribution in [2.45, 2.75) is 51.5 Å². The molecular weight excluding hydrogens is 484 g/mol. The van der Waals surface area contributed by atoms with Crippen LogP contribution in [0.1, 0.15) is 53.9 Å². The van der Waals surface area contributed by atoms with Gasteiger partial charge in [0.1, 0.15) is 11.8 Å². The van der Waals surface area contributed by atoms with E-state index in [0.717, 1.165) is 40.5 Å². The molecule has 1 heterocycles. The summed E-state index contributed by atoms with van der Waals surface area (Å²) in [5.41, 5.74) is 3.25. The number of hydrogen-bond donors (Lipinski definition) is 3. The van der Waals surface area contributed by atoms with Crippen LogP contribution in [0.15, 0.2) is 53.9 Å². The van der Waals surface area contributed by atoms with Crippen molar-refractivity contribution in [1.82, 2.24) is 15.6 Å². The van der Waals surface area contributed by atoms with Crippen LogP contribution >= 0.6 is 11.3 Å². The van der Waals surface area contributed by atoms with Gasteiger partial charge in [0, 0.05) is 35.3 Å². The number of aromatic nitrogens is 1. The maximum atomic E-state index is 13.2. The van der Waals surface area contributed by atoms with Crippen molar-refractivity contribution in [1.29, 1.82) is 0 Å². The highest BCUT2D eigenvalue weighted by molar-refractivity contribution is 7.09. The summed E-state index contributed by atoms with van der Waals surface area (Å²) in [4.78, 5) is 30.9. The van der Waals surface area contributed by atoms with Crippen LogP contribution in [0.5, 0.6) is 5.75 Å². The second-order valence-corrected chi connectivity index (χ2v) is 10.6. The molecule has 0 saturated heterocycles. The summed E-state index contributed by atoms with van der Waals surface area (Å²) in [7, 11) is 1.64. The predicted octanol–water partition coefficient (Wildman–Crippen LogP) is 5.42. The fourth-order valence-electron chi connectivity index (χ4n) is 4.77. The highest BCUT2D eigenvalue weighted by Gasteiger charge is 2.26. The van der Waals surface area contributed by atoms with Crippen molar-refractivity contribution in [2.24, 2.45) is 5.92 Å². The topological polar surface area (TPSA) is 92.4 Å². The van der Waals surface area contributed by atoms with E-state index >= 15 is 0 Å². The molecule has 1 aromatic heterocycles. The third-order valence-electron chi connectivity index (χ3n) is 6.80. The molecule has 2 amide bonds. The lowest BCUT2D eigenvalue weighted by Gasteiger charge is -2.26. The van der Waals surface area contributed by atoms with Crippen LogP contribution in [-0.4, -0.2) is 43.0 Å². The lowest BCUT2D eigenvalue weighted by molar-refractivity contribution is -0.123. The minimum atomic E-state index is -0.568. The fraction of sp³-hybridized carbons (Fsp3) is 0.414. The Morgan fingerprint density at radius 2 is 1.86 bits per heavy atom. The van der Waals surface area contributed by atoms with E-state index in [1.165, 1.54) is 19.3 Å². The smallest absolute Gasteiger partial charge is 0.251 e. The molecule has 2 aromatic carbocycles. The Labute approximate surface area is 223 Å². The van der Waals surface area contributed by atoms with Gasteiger partial charge in [-0.2, -0.15) is 0 Å². The van der Waals surface area contributed by atoms with Crippen LogP contribution in [0.25, 0.3) is 11.3 Å². The lowest BCUT2D eigenvalue weighted by Crippen LogP contribution is -2.48. The third-order valence-corrected chi connectivity index (χ3v) is 7.57. The number of anilines is 1. The highest BCUT2D eigenvalue weighted by Crippen LogP contribution is 2.28. The Bertz CT molecular complexity index is 1170. The molecule has 1 fully saturated rings. The van der Waals surface area contributed by atoms with Crippen molar-refractivity contribution < 1.29 is 14.3 Å². The summed E-state index contributed by atoms with van der Waals surface area (Å²) >= 11 is 1.58. The van der Waals surface area contributed by atoms with Crippen LogP contribution in [0.3, 0.4) is 0 Å². The number of thiazole rings is 1. The Morgan fingerprint density at radius 1 is 1.08 bits per heavy atom. The van der Waals surface area contributed by atoms with Crippen LogP contribution in [0.4, 0.5) is 5.69 Å². The molecule has 7 nitrogen and oxygen atoms in total. The Morgan fingerprint density at radius 3 is 2.57 bits per heavy atom. The van der Waals surface area contributed by atoms with Gasteiger partial charge in [-0.25, -0.2) is 4.98 Å². The quantitative estimate of drug-likeness (QED) is 0.294. The van der Waals surface area contributed by atoms with Gasteiger partial charge in [-0.1, -0.05) is 44.2 Å². The van der Waals surface area contributed by atoms with Gasteiger partial charge in [0.05, 0.1) is 17.8 Å². The van der Waals surface area contributed by atoms with E-state index in [2.05, 4.69) is 20.9 Å². The van der Waals surface area contributed by atoms with E-state index in [9.17, 15) is 9.59 Å². The van der Waals surface area contributed by atoms with E-state index in [1.807, 2.05) is 54.8 Å². The number of aryl methyl sites for hydroxylation is 1. The summed E-state index contributed by atoms with van der Waals surface area (Å²) in [5.74, 6) is 0.877. The monoisotopic (exact) mass is 520 g/mol. The molecule has 4 rings (SSSR count). The standard InChI is InChI=1S/C29H36N4O3S/c1-20-32-27(19-37-20)22-9-6-10-23(18-22)28(34)33-26(17-21-7-4-3-5-8-21)29(35)31-16-15-30-24-11-13-25(36-2)14-12-24/h6,9-14,18-19,21,26,30H,3-5,7-8,15-17H2,1-2H3,(H,31,35)(H,33,34)/t26-/m0/s1. The van der Waals surface area contributed by atoms with Crippen LogP contribution in [-0.2, 0) is 4.79 Å². The Hall–Kier alpha value is -3.39. The third kappa shape index (κ3) is 7.79. The van der Waals surface area contributed by atoms with Gasteiger partial charge in [-0.15, -0.1) is 11.3 Å². The molecule has 8 heteroatoms. The first-order valence-electron chi connectivity index (χ1n) is 13.0. The Balaban J connectivity index is 1.36. The summed E-state index contributed by atoms with van der Waals surface area (Å²) in [5, 5.41) is 12.3. The summed E-state index contributed by atoms with van der Waals surface area (Å²) < 4.78 is 5.19. The molecule has 0 unspecified atom stereocenters. The molecule has 1 atom stereocenters. The van der Waals surface area contributed by atoms with E-state index in [1.54, 1.807) is 24.5 Å². The summed E-state index contributed by atoms with van der Waals surface area (Å²) in [6.45, 7) is 3.00. The number of nitrogens with zero attached hydrogens (tertiary/aromatic N) is 1. The van der Waals surface area contributed by atoms with Gasteiger partial charge in [-0.05, 0) is 55.7 Å². The number of hydrogen-bond acceptors (Lipinski definition) is 6. The first-order valence-corrected chi connectivity index (χ1v) is 13.9. The zero-order valence-electron chi connectivity index (χ0n) is 21.6. The minimum Gasteiger partial charge on any atom is -0.497 e. The number of rotatable bonds is 11. The number of ether oxygens (including phenoxy) is 1. The van der Waals surface area contributed by atoms with Crippen molar-refractivity contribution in [3.8, 4) is 17.0 Å². The van der Waals surface area contributed by atoms with E-state index in [4.69, 9.17) is 4.74 Å². The van der Waals surface area contributed by atoms with Gasteiger partial charge < -0.3 is 20.7 Å². The maximum absolute atomic E-state index is 13.2. The molecule has 37 heavy (non-hydrogen) atoms. The van der Waals surface area contributed by atoms with Gasteiger partial charge in [-0.3, -0.25) is 9.59 Å². The van der Waals surface area contributed by atoms with Crippen molar-refractivity contribution >= 4 is 28.8 Å². The molecule has 0 spiro atoms. The zero-order chi connectivity index (χ0) is 26.0. The Kier molecular flexibility index (Phi) is 9.54. The largest absolute Gasteiger partial charge is 0.497 e. The van der Waals surface area contributed by atoms with Gasteiger partial charge in [0.25, 0.3) is 5.91 Å². The number of amides is 2. The molecule has 3 aromatic rings. The van der Waals surface area contributed by atoms with Gasteiger partial charge in [0.2, 0.25) is 5.91 Å². The van der Waals surface area contributed by atoms with E-state index < -0.39 is 6.04 Å². The second kappa shape index (κ2) is 13.2. The molecular formula is C29H36N4O3S. The first-order chi connectivity index (χ1) is 18.0. The fourth-order valence-corrected chi connectivity index (χ4v) is 5.39. The molecule has 0 radical (unpaired) electrons. The summed E-state index contributed by atoms with van der Waals surface area (Å²) in [6.07, 6.45) is 6.50. The number of benzene rings is 2. The molecule has 1 aliphatic rings. The first kappa shape index (κ1) is 26.7. The van der Waals surface area contributed by atoms with Crippen LogP contribution in [0, 0.1) is 12.8 Å². The average Bonchev–Trinajstić information content (AvgIpc) is 3.38. The summed E-state index contributed by atoms with van der Waals surface area (Å²) in [6, 6.07) is 14.5. The van der Waals surface area contributed by atoms with E-state index in [-0.39, 0.29) is 11.8 Å².